The molecule has 0 aliphatic carbocycles. The van der Waals surface area contributed by atoms with Crippen LogP contribution in [0.3, 0.4) is 0 Å². The lowest BCUT2D eigenvalue weighted by Gasteiger charge is -2.17. The molecule has 0 spiro atoms. The Bertz CT molecular complexity index is 425. The van der Waals surface area contributed by atoms with E-state index in [4.69, 9.17) is 0 Å². The Kier molecular flexibility index (Phi) is 5.35. The summed E-state index contributed by atoms with van der Waals surface area (Å²) in [7, 11) is 5.88. The molecule has 0 aromatic carbocycles. The summed E-state index contributed by atoms with van der Waals surface area (Å²) in [6.07, 6.45) is 1.83. The lowest BCUT2D eigenvalue weighted by atomic mass is 10.2. The van der Waals surface area contributed by atoms with Crippen LogP contribution in [0.4, 0.5) is 5.95 Å². The quantitative estimate of drug-likeness (QED) is 0.787. The van der Waals surface area contributed by atoms with Crippen molar-refractivity contribution in [3.63, 3.8) is 0 Å². The van der Waals surface area contributed by atoms with E-state index in [1.165, 1.54) is 0 Å². The van der Waals surface area contributed by atoms with Crippen LogP contribution in [0.15, 0.2) is 6.20 Å². The Morgan fingerprint density at radius 2 is 2.05 bits per heavy atom. The minimum atomic E-state index is -0.222. The van der Waals surface area contributed by atoms with Crippen LogP contribution >= 0.6 is 0 Å². The lowest BCUT2D eigenvalue weighted by Crippen LogP contribution is -2.44. The Labute approximate surface area is 115 Å². The highest BCUT2D eigenvalue weighted by molar-refractivity contribution is 5.81. The standard InChI is InChI=1S/C13H25N5O/c1-9(2)16-12(19)10(3)14-7-11-8-15-13(17(4)5)18(11)6/h8-10,14H,7H2,1-6H3,(H,16,19). The average molecular weight is 267 g/mol. The molecule has 0 bridgehead atoms. The third-order valence-electron chi connectivity index (χ3n) is 2.87. The maximum absolute atomic E-state index is 11.8. The van der Waals surface area contributed by atoms with Gasteiger partial charge in [0.15, 0.2) is 0 Å². The SMILES string of the molecule is CC(C)NC(=O)C(C)NCc1cnc(N(C)C)n1C. The number of nitrogens with zero attached hydrogens (tertiary/aromatic N) is 3. The van der Waals surface area contributed by atoms with Crippen molar-refractivity contribution in [2.75, 3.05) is 19.0 Å². The largest absolute Gasteiger partial charge is 0.353 e. The second kappa shape index (κ2) is 6.56. The van der Waals surface area contributed by atoms with Crippen molar-refractivity contribution in [1.82, 2.24) is 20.2 Å². The molecule has 1 aromatic heterocycles. The molecule has 2 N–H and O–H groups in total. The average Bonchev–Trinajstić information content (AvgIpc) is 2.66. The van der Waals surface area contributed by atoms with Crippen LogP contribution in [0.25, 0.3) is 0 Å². The molecule has 1 rings (SSSR count). The molecule has 6 heteroatoms. The summed E-state index contributed by atoms with van der Waals surface area (Å²) in [5.74, 6) is 0.918. The van der Waals surface area contributed by atoms with E-state index in [2.05, 4.69) is 15.6 Å². The van der Waals surface area contributed by atoms with Crippen molar-refractivity contribution in [1.29, 1.82) is 0 Å². The first-order chi connectivity index (χ1) is 8.82. The topological polar surface area (TPSA) is 62.2 Å². The molecular weight excluding hydrogens is 242 g/mol. The number of carbonyl (C=O) groups is 1. The number of anilines is 1. The fourth-order valence-corrected chi connectivity index (χ4v) is 1.77. The summed E-state index contributed by atoms with van der Waals surface area (Å²) in [5, 5.41) is 6.09. The molecule has 1 atom stereocenters. The predicted octanol–water partition coefficient (Wildman–Crippen LogP) is 0.489. The molecule has 1 heterocycles. The Balaban J connectivity index is 2.55. The van der Waals surface area contributed by atoms with Gasteiger partial charge in [-0.05, 0) is 20.8 Å². The van der Waals surface area contributed by atoms with E-state index in [0.717, 1.165) is 11.6 Å². The molecule has 1 unspecified atom stereocenters. The van der Waals surface area contributed by atoms with Gasteiger partial charge >= 0.3 is 0 Å². The monoisotopic (exact) mass is 267 g/mol. The van der Waals surface area contributed by atoms with E-state index in [9.17, 15) is 4.79 Å². The molecule has 19 heavy (non-hydrogen) atoms. The zero-order valence-corrected chi connectivity index (χ0v) is 12.7. The zero-order chi connectivity index (χ0) is 14.6. The number of carbonyl (C=O) groups excluding carboxylic acids is 1. The van der Waals surface area contributed by atoms with Gasteiger partial charge in [-0.2, -0.15) is 0 Å². The third kappa shape index (κ3) is 4.24. The van der Waals surface area contributed by atoms with E-state index in [-0.39, 0.29) is 18.0 Å². The summed E-state index contributed by atoms with van der Waals surface area (Å²) in [6.45, 7) is 6.38. The van der Waals surface area contributed by atoms with E-state index < -0.39 is 0 Å². The van der Waals surface area contributed by atoms with Crippen molar-refractivity contribution >= 4 is 11.9 Å². The van der Waals surface area contributed by atoms with Crippen molar-refractivity contribution in [2.45, 2.75) is 39.4 Å². The van der Waals surface area contributed by atoms with E-state index >= 15 is 0 Å². The minimum Gasteiger partial charge on any atom is -0.353 e. The van der Waals surface area contributed by atoms with Crippen LogP contribution in [0, 0.1) is 0 Å². The number of amides is 1. The molecule has 1 aromatic rings. The fraction of sp³-hybridized carbons (Fsp3) is 0.692. The fourth-order valence-electron chi connectivity index (χ4n) is 1.77. The molecule has 108 valence electrons. The van der Waals surface area contributed by atoms with Gasteiger partial charge in [0.2, 0.25) is 11.9 Å². The first-order valence-electron chi connectivity index (χ1n) is 6.54. The molecule has 0 saturated heterocycles. The van der Waals surface area contributed by atoms with Crippen molar-refractivity contribution < 1.29 is 4.79 Å². The van der Waals surface area contributed by atoms with Crippen LogP contribution in [-0.4, -0.2) is 41.6 Å². The van der Waals surface area contributed by atoms with Crippen LogP contribution in [0.5, 0.6) is 0 Å². The van der Waals surface area contributed by atoms with Crippen molar-refractivity contribution in [2.24, 2.45) is 7.05 Å². The Morgan fingerprint density at radius 3 is 2.53 bits per heavy atom. The first kappa shape index (κ1) is 15.5. The molecule has 0 aliphatic rings. The van der Waals surface area contributed by atoms with Crippen LogP contribution < -0.4 is 15.5 Å². The summed E-state index contributed by atoms with van der Waals surface area (Å²) in [5.41, 5.74) is 1.05. The summed E-state index contributed by atoms with van der Waals surface area (Å²) in [4.78, 5) is 18.1. The van der Waals surface area contributed by atoms with Gasteiger partial charge in [0.1, 0.15) is 0 Å². The number of nitrogens with one attached hydrogen (secondary N) is 2. The van der Waals surface area contributed by atoms with Gasteiger partial charge in [0.25, 0.3) is 0 Å². The van der Waals surface area contributed by atoms with Crippen LogP contribution in [0.1, 0.15) is 26.5 Å². The number of aromatic nitrogens is 2. The van der Waals surface area contributed by atoms with Gasteiger partial charge in [-0.25, -0.2) is 4.98 Å². The van der Waals surface area contributed by atoms with Crippen molar-refractivity contribution in [3.05, 3.63) is 11.9 Å². The highest BCUT2D eigenvalue weighted by Gasteiger charge is 2.14. The molecule has 0 fully saturated rings. The number of hydrogen-bond acceptors (Lipinski definition) is 4. The van der Waals surface area contributed by atoms with Gasteiger partial charge < -0.3 is 20.1 Å². The molecule has 0 saturated carbocycles. The third-order valence-corrected chi connectivity index (χ3v) is 2.87. The number of rotatable bonds is 6. The van der Waals surface area contributed by atoms with Gasteiger partial charge in [0, 0.05) is 33.7 Å². The highest BCUT2D eigenvalue weighted by atomic mass is 16.2. The van der Waals surface area contributed by atoms with Gasteiger partial charge in [-0.15, -0.1) is 0 Å². The zero-order valence-electron chi connectivity index (χ0n) is 12.7. The molecular formula is C13H25N5O. The second-order valence-corrected chi connectivity index (χ2v) is 5.27. The predicted molar refractivity (Wildman–Crippen MR) is 77.1 cm³/mol. The second-order valence-electron chi connectivity index (χ2n) is 5.27. The van der Waals surface area contributed by atoms with E-state index in [1.807, 2.05) is 57.6 Å². The maximum Gasteiger partial charge on any atom is 0.237 e. The summed E-state index contributed by atoms with van der Waals surface area (Å²) in [6, 6.07) is -0.0612. The summed E-state index contributed by atoms with van der Waals surface area (Å²) < 4.78 is 2.01. The van der Waals surface area contributed by atoms with Gasteiger partial charge in [0.05, 0.1) is 17.9 Å². The number of hydrogen-bond donors (Lipinski definition) is 2. The van der Waals surface area contributed by atoms with E-state index in [1.54, 1.807) is 0 Å². The van der Waals surface area contributed by atoms with Gasteiger partial charge in [-0.3, -0.25) is 4.79 Å². The molecule has 1 amide bonds. The summed E-state index contributed by atoms with van der Waals surface area (Å²) >= 11 is 0. The Hall–Kier alpha value is -1.56. The highest BCUT2D eigenvalue weighted by Crippen LogP contribution is 2.10. The molecule has 6 nitrogen and oxygen atoms in total. The first-order valence-corrected chi connectivity index (χ1v) is 6.54. The normalized spacial score (nSPS) is 12.6. The molecule has 0 aliphatic heterocycles. The maximum atomic E-state index is 11.8. The lowest BCUT2D eigenvalue weighted by molar-refractivity contribution is -0.123. The van der Waals surface area contributed by atoms with E-state index in [0.29, 0.717) is 6.54 Å². The van der Waals surface area contributed by atoms with Crippen molar-refractivity contribution in [3.8, 4) is 0 Å². The van der Waals surface area contributed by atoms with Gasteiger partial charge in [-0.1, -0.05) is 0 Å². The van der Waals surface area contributed by atoms with Crippen LogP contribution in [0.2, 0.25) is 0 Å². The van der Waals surface area contributed by atoms with Crippen LogP contribution in [-0.2, 0) is 18.4 Å². The number of imidazole rings is 1. The molecule has 0 radical (unpaired) electrons. The minimum absolute atomic E-state index is 0.0185. The smallest absolute Gasteiger partial charge is 0.237 e. The Morgan fingerprint density at radius 1 is 1.42 bits per heavy atom.